The average molecular weight is 273 g/mol. The van der Waals surface area contributed by atoms with Crippen LogP contribution in [-0.2, 0) is 13.1 Å². The topological polar surface area (TPSA) is 16.1 Å². The molecule has 86 valence electrons. The molecule has 5 heteroatoms. The molecule has 0 fully saturated rings. The van der Waals surface area contributed by atoms with E-state index >= 15 is 0 Å². The molecule has 0 aliphatic rings. The molecule has 0 aliphatic carbocycles. The Balaban J connectivity index is 1.95. The fourth-order valence-corrected chi connectivity index (χ4v) is 3.25. The van der Waals surface area contributed by atoms with Crippen LogP contribution >= 0.6 is 34.3 Å². The van der Waals surface area contributed by atoms with E-state index in [2.05, 4.69) is 34.3 Å². The van der Waals surface area contributed by atoms with E-state index in [4.69, 9.17) is 11.6 Å². The first-order chi connectivity index (χ1) is 7.78. The zero-order chi connectivity index (χ0) is 11.4. The fraction of sp³-hybridized carbons (Fsp3) is 0.364. The van der Waals surface area contributed by atoms with Gasteiger partial charge in [0.2, 0.25) is 0 Å². The van der Waals surface area contributed by atoms with E-state index in [0.717, 1.165) is 19.6 Å². The lowest BCUT2D eigenvalue weighted by molar-refractivity contribution is 0.276. The third-order valence-corrected chi connectivity index (χ3v) is 4.27. The summed E-state index contributed by atoms with van der Waals surface area (Å²) < 4.78 is 0.627. The van der Waals surface area contributed by atoms with Gasteiger partial charge in [-0.25, -0.2) is 4.98 Å². The second-order valence-electron chi connectivity index (χ2n) is 3.46. The maximum atomic E-state index is 5.82. The predicted octanol–water partition coefficient (Wildman–Crippen LogP) is 3.88. The maximum Gasteiger partial charge on any atom is 0.183 e. The van der Waals surface area contributed by atoms with Gasteiger partial charge >= 0.3 is 0 Å². The highest BCUT2D eigenvalue weighted by atomic mass is 35.5. The average Bonchev–Trinajstić information content (AvgIpc) is 2.89. The number of halogens is 1. The Kier molecular flexibility index (Phi) is 4.35. The SMILES string of the molecule is CCN(Cc1cccs1)Cc1cnc(Cl)s1. The fourth-order valence-electron chi connectivity index (χ4n) is 1.48. The van der Waals surface area contributed by atoms with Crippen molar-refractivity contribution in [2.45, 2.75) is 20.0 Å². The van der Waals surface area contributed by atoms with E-state index in [0.29, 0.717) is 4.47 Å². The minimum atomic E-state index is 0.627. The van der Waals surface area contributed by atoms with E-state index in [1.807, 2.05) is 6.20 Å². The molecule has 0 aromatic carbocycles. The van der Waals surface area contributed by atoms with Crippen LogP contribution in [0.5, 0.6) is 0 Å². The Morgan fingerprint density at radius 1 is 1.38 bits per heavy atom. The summed E-state index contributed by atoms with van der Waals surface area (Å²) in [5, 5.41) is 2.12. The Bertz CT molecular complexity index is 425. The van der Waals surface area contributed by atoms with Crippen molar-refractivity contribution < 1.29 is 0 Å². The summed E-state index contributed by atoms with van der Waals surface area (Å²) in [4.78, 5) is 9.07. The van der Waals surface area contributed by atoms with Crippen molar-refractivity contribution in [3.8, 4) is 0 Å². The minimum Gasteiger partial charge on any atom is -0.293 e. The van der Waals surface area contributed by atoms with Crippen LogP contribution in [0.1, 0.15) is 16.7 Å². The lowest BCUT2D eigenvalue weighted by Crippen LogP contribution is -2.21. The number of rotatable bonds is 5. The van der Waals surface area contributed by atoms with Crippen molar-refractivity contribution >= 4 is 34.3 Å². The van der Waals surface area contributed by atoms with Gasteiger partial charge in [0.1, 0.15) is 0 Å². The molecule has 0 unspecified atom stereocenters. The zero-order valence-corrected chi connectivity index (χ0v) is 11.4. The molecule has 0 amide bonds. The smallest absolute Gasteiger partial charge is 0.183 e. The van der Waals surface area contributed by atoms with Crippen molar-refractivity contribution in [2.75, 3.05) is 6.54 Å². The molecular weight excluding hydrogens is 260 g/mol. The molecule has 0 bridgehead atoms. The molecule has 0 radical (unpaired) electrons. The Morgan fingerprint density at radius 3 is 2.75 bits per heavy atom. The highest BCUT2D eigenvalue weighted by Gasteiger charge is 2.07. The zero-order valence-electron chi connectivity index (χ0n) is 9.02. The highest BCUT2D eigenvalue weighted by molar-refractivity contribution is 7.15. The van der Waals surface area contributed by atoms with Crippen LogP contribution in [-0.4, -0.2) is 16.4 Å². The summed E-state index contributed by atoms with van der Waals surface area (Å²) in [6, 6.07) is 4.27. The number of thiazole rings is 1. The summed E-state index contributed by atoms with van der Waals surface area (Å²) in [5.41, 5.74) is 0. The quantitative estimate of drug-likeness (QED) is 0.821. The Labute approximate surface area is 109 Å². The number of nitrogens with zero attached hydrogens (tertiary/aromatic N) is 2. The van der Waals surface area contributed by atoms with Gasteiger partial charge in [-0.3, -0.25) is 4.90 Å². The molecular formula is C11H13ClN2S2. The molecule has 0 saturated carbocycles. The van der Waals surface area contributed by atoms with E-state index in [1.165, 1.54) is 9.75 Å². The first-order valence-corrected chi connectivity index (χ1v) is 7.20. The van der Waals surface area contributed by atoms with Gasteiger partial charge in [-0.05, 0) is 18.0 Å². The number of hydrogen-bond acceptors (Lipinski definition) is 4. The van der Waals surface area contributed by atoms with Crippen LogP contribution in [0.2, 0.25) is 4.47 Å². The molecule has 0 atom stereocenters. The minimum absolute atomic E-state index is 0.627. The van der Waals surface area contributed by atoms with Gasteiger partial charge in [-0.15, -0.1) is 22.7 Å². The van der Waals surface area contributed by atoms with Crippen LogP contribution in [0.15, 0.2) is 23.7 Å². The third kappa shape index (κ3) is 3.28. The van der Waals surface area contributed by atoms with Gasteiger partial charge in [0.25, 0.3) is 0 Å². The van der Waals surface area contributed by atoms with E-state index < -0.39 is 0 Å². The lowest BCUT2D eigenvalue weighted by atomic mass is 10.4. The normalized spacial score (nSPS) is 11.2. The number of hydrogen-bond donors (Lipinski definition) is 0. The van der Waals surface area contributed by atoms with Crippen LogP contribution in [0, 0.1) is 0 Å². The van der Waals surface area contributed by atoms with Crippen molar-refractivity contribution in [1.82, 2.24) is 9.88 Å². The van der Waals surface area contributed by atoms with Crippen LogP contribution < -0.4 is 0 Å². The summed E-state index contributed by atoms with van der Waals surface area (Å²) in [7, 11) is 0. The molecule has 0 saturated heterocycles. The first kappa shape index (κ1) is 12.0. The lowest BCUT2D eigenvalue weighted by Gasteiger charge is -2.18. The van der Waals surface area contributed by atoms with Gasteiger partial charge in [0, 0.05) is 29.0 Å². The molecule has 0 N–H and O–H groups in total. The predicted molar refractivity (Wildman–Crippen MR) is 71.2 cm³/mol. The second kappa shape index (κ2) is 5.77. The summed E-state index contributed by atoms with van der Waals surface area (Å²) in [6.07, 6.45) is 1.87. The molecule has 2 aromatic heterocycles. The van der Waals surface area contributed by atoms with Crippen molar-refractivity contribution in [1.29, 1.82) is 0 Å². The van der Waals surface area contributed by atoms with Crippen molar-refractivity contribution in [3.05, 3.63) is 37.9 Å². The van der Waals surface area contributed by atoms with Crippen LogP contribution in [0.4, 0.5) is 0 Å². The Morgan fingerprint density at radius 2 is 2.19 bits per heavy atom. The van der Waals surface area contributed by atoms with Gasteiger partial charge in [-0.1, -0.05) is 24.6 Å². The largest absolute Gasteiger partial charge is 0.293 e. The van der Waals surface area contributed by atoms with Gasteiger partial charge in [0.15, 0.2) is 4.47 Å². The van der Waals surface area contributed by atoms with Gasteiger partial charge in [-0.2, -0.15) is 0 Å². The van der Waals surface area contributed by atoms with E-state index in [-0.39, 0.29) is 0 Å². The van der Waals surface area contributed by atoms with Crippen molar-refractivity contribution in [2.24, 2.45) is 0 Å². The molecule has 2 heterocycles. The molecule has 2 rings (SSSR count). The molecule has 16 heavy (non-hydrogen) atoms. The maximum absolute atomic E-state index is 5.82. The standard InChI is InChI=1S/C11H13ClN2S2/c1-2-14(7-9-4-3-5-15-9)8-10-6-13-11(12)16-10/h3-6H,2,7-8H2,1H3. The molecule has 0 spiro atoms. The molecule has 0 aliphatic heterocycles. The van der Waals surface area contributed by atoms with Crippen LogP contribution in [0.25, 0.3) is 0 Å². The first-order valence-electron chi connectivity index (χ1n) is 5.13. The number of aromatic nitrogens is 1. The third-order valence-electron chi connectivity index (χ3n) is 2.31. The summed E-state index contributed by atoms with van der Waals surface area (Å²) >= 11 is 9.18. The van der Waals surface area contributed by atoms with Gasteiger partial charge in [0.05, 0.1) is 0 Å². The molecule has 2 nitrogen and oxygen atoms in total. The van der Waals surface area contributed by atoms with E-state index in [1.54, 1.807) is 22.7 Å². The Hall–Kier alpha value is -0.420. The van der Waals surface area contributed by atoms with Crippen LogP contribution in [0.3, 0.4) is 0 Å². The monoisotopic (exact) mass is 272 g/mol. The van der Waals surface area contributed by atoms with Crippen molar-refractivity contribution in [3.63, 3.8) is 0 Å². The van der Waals surface area contributed by atoms with Gasteiger partial charge < -0.3 is 0 Å². The molecule has 2 aromatic rings. The van der Waals surface area contributed by atoms with E-state index in [9.17, 15) is 0 Å². The summed E-state index contributed by atoms with van der Waals surface area (Å²) in [6.45, 7) is 5.14. The number of thiophene rings is 1. The second-order valence-corrected chi connectivity index (χ2v) is 6.19. The highest BCUT2D eigenvalue weighted by Crippen LogP contribution is 2.20. The summed E-state index contributed by atoms with van der Waals surface area (Å²) in [5.74, 6) is 0.